The largest absolute Gasteiger partial charge is 0.497 e. The number of nitrogens with one attached hydrogen (secondary N) is 1. The van der Waals surface area contributed by atoms with E-state index in [1.807, 2.05) is 24.3 Å². The molecule has 1 N–H and O–H groups in total. The van der Waals surface area contributed by atoms with E-state index in [0.717, 1.165) is 38.1 Å². The normalized spacial score (nSPS) is 16.5. The van der Waals surface area contributed by atoms with Crippen LogP contribution in [0.2, 0.25) is 0 Å². The Balaban J connectivity index is 1.67. The topological polar surface area (TPSA) is 41.6 Å². The number of carbonyl (C=O) groups excluding carboxylic acids is 1. The molecule has 0 spiro atoms. The summed E-state index contributed by atoms with van der Waals surface area (Å²) in [7, 11) is 1.66. The highest BCUT2D eigenvalue weighted by atomic mass is 16.5. The van der Waals surface area contributed by atoms with Gasteiger partial charge in [0.15, 0.2) is 0 Å². The number of piperidine rings is 1. The van der Waals surface area contributed by atoms with Crippen molar-refractivity contribution >= 4 is 5.91 Å². The molecule has 22 heavy (non-hydrogen) atoms. The van der Waals surface area contributed by atoms with Gasteiger partial charge in [-0.2, -0.15) is 0 Å². The van der Waals surface area contributed by atoms with E-state index < -0.39 is 0 Å². The van der Waals surface area contributed by atoms with Crippen molar-refractivity contribution in [2.75, 3.05) is 26.7 Å². The van der Waals surface area contributed by atoms with Crippen LogP contribution < -0.4 is 10.1 Å². The summed E-state index contributed by atoms with van der Waals surface area (Å²) in [5, 5.41) is 3.18. The summed E-state index contributed by atoms with van der Waals surface area (Å²) in [5.74, 6) is 1.02. The van der Waals surface area contributed by atoms with E-state index in [1.54, 1.807) is 7.11 Å². The van der Waals surface area contributed by atoms with Crippen LogP contribution in [0.15, 0.2) is 24.3 Å². The Hall–Kier alpha value is -1.55. The van der Waals surface area contributed by atoms with Gasteiger partial charge in [0.1, 0.15) is 5.75 Å². The molecule has 0 aliphatic carbocycles. The van der Waals surface area contributed by atoms with Gasteiger partial charge in [-0.05, 0) is 49.9 Å². The molecule has 2 rings (SSSR count). The number of hydrogen-bond donors (Lipinski definition) is 1. The number of aryl methyl sites for hydroxylation is 1. The predicted octanol–water partition coefficient (Wildman–Crippen LogP) is 2.62. The Morgan fingerprint density at radius 3 is 2.55 bits per heavy atom. The zero-order valence-corrected chi connectivity index (χ0v) is 13.8. The van der Waals surface area contributed by atoms with E-state index in [0.29, 0.717) is 12.5 Å². The highest BCUT2D eigenvalue weighted by molar-refractivity contribution is 5.76. The Labute approximate surface area is 133 Å². The van der Waals surface area contributed by atoms with Gasteiger partial charge in [-0.3, -0.25) is 4.79 Å². The van der Waals surface area contributed by atoms with Crippen molar-refractivity contribution in [2.45, 2.75) is 45.1 Å². The van der Waals surface area contributed by atoms with Crippen LogP contribution in [0, 0.1) is 0 Å². The van der Waals surface area contributed by atoms with Gasteiger partial charge in [0.05, 0.1) is 7.11 Å². The van der Waals surface area contributed by atoms with E-state index in [-0.39, 0.29) is 5.91 Å². The predicted molar refractivity (Wildman–Crippen MR) is 89.2 cm³/mol. The molecule has 1 aromatic carbocycles. The van der Waals surface area contributed by atoms with Gasteiger partial charge < -0.3 is 15.0 Å². The maximum atomic E-state index is 12.1. The molecule has 1 aromatic rings. The SMILES string of the molecule is CCCN1CCC(NC(=O)CCc2ccc(OC)cc2)CC1. The number of benzene rings is 1. The number of rotatable bonds is 7. The lowest BCUT2D eigenvalue weighted by Gasteiger charge is -2.32. The van der Waals surface area contributed by atoms with Crippen molar-refractivity contribution in [3.63, 3.8) is 0 Å². The summed E-state index contributed by atoms with van der Waals surface area (Å²) in [5.41, 5.74) is 1.17. The van der Waals surface area contributed by atoms with Crippen LogP contribution in [0.4, 0.5) is 0 Å². The fourth-order valence-electron chi connectivity index (χ4n) is 2.97. The summed E-state index contributed by atoms with van der Waals surface area (Å²) >= 11 is 0. The molecule has 0 bridgehead atoms. The first-order valence-electron chi connectivity index (χ1n) is 8.36. The van der Waals surface area contributed by atoms with Crippen LogP contribution in [0.3, 0.4) is 0 Å². The van der Waals surface area contributed by atoms with Crippen LogP contribution >= 0.6 is 0 Å². The molecule has 1 aliphatic rings. The molecule has 0 aromatic heterocycles. The van der Waals surface area contributed by atoms with Gasteiger partial charge in [-0.15, -0.1) is 0 Å². The number of likely N-dealkylation sites (tertiary alicyclic amines) is 1. The van der Waals surface area contributed by atoms with Crippen LogP contribution in [-0.2, 0) is 11.2 Å². The number of carbonyl (C=O) groups is 1. The van der Waals surface area contributed by atoms with Gasteiger partial charge in [0.2, 0.25) is 5.91 Å². The van der Waals surface area contributed by atoms with Crippen molar-refractivity contribution in [3.8, 4) is 5.75 Å². The number of nitrogens with zero attached hydrogens (tertiary/aromatic N) is 1. The van der Waals surface area contributed by atoms with Crippen LogP contribution in [0.5, 0.6) is 5.75 Å². The van der Waals surface area contributed by atoms with Crippen molar-refractivity contribution in [3.05, 3.63) is 29.8 Å². The molecule has 1 saturated heterocycles. The third kappa shape index (κ3) is 5.34. The van der Waals surface area contributed by atoms with Crippen LogP contribution in [0.25, 0.3) is 0 Å². The van der Waals surface area contributed by atoms with E-state index in [9.17, 15) is 4.79 Å². The lowest BCUT2D eigenvalue weighted by atomic mass is 10.0. The van der Waals surface area contributed by atoms with E-state index in [2.05, 4.69) is 17.1 Å². The standard InChI is InChI=1S/C18H28N2O2/c1-3-12-20-13-10-16(11-14-20)19-18(21)9-6-15-4-7-17(22-2)8-5-15/h4-5,7-8,16H,3,6,9-14H2,1-2H3,(H,19,21). The highest BCUT2D eigenvalue weighted by Crippen LogP contribution is 2.13. The average Bonchev–Trinajstić information content (AvgIpc) is 2.55. The minimum Gasteiger partial charge on any atom is -0.497 e. The Kier molecular flexibility index (Phi) is 6.72. The molecule has 0 atom stereocenters. The van der Waals surface area contributed by atoms with E-state index in [4.69, 9.17) is 4.74 Å². The van der Waals surface area contributed by atoms with Gasteiger partial charge in [0, 0.05) is 25.6 Å². The smallest absolute Gasteiger partial charge is 0.220 e. The summed E-state index contributed by atoms with van der Waals surface area (Å²) in [6.45, 7) is 5.61. The van der Waals surface area contributed by atoms with E-state index >= 15 is 0 Å². The van der Waals surface area contributed by atoms with Gasteiger partial charge in [-0.25, -0.2) is 0 Å². The van der Waals surface area contributed by atoms with Crippen molar-refractivity contribution in [1.29, 1.82) is 0 Å². The summed E-state index contributed by atoms with van der Waals surface area (Å²) in [6, 6.07) is 8.29. The fraction of sp³-hybridized carbons (Fsp3) is 0.611. The average molecular weight is 304 g/mol. The lowest BCUT2D eigenvalue weighted by Crippen LogP contribution is -2.44. The van der Waals surface area contributed by atoms with E-state index in [1.165, 1.54) is 18.5 Å². The van der Waals surface area contributed by atoms with Crippen molar-refractivity contribution < 1.29 is 9.53 Å². The second-order valence-corrected chi connectivity index (χ2v) is 6.03. The Morgan fingerprint density at radius 2 is 1.95 bits per heavy atom. The summed E-state index contributed by atoms with van der Waals surface area (Å²) in [4.78, 5) is 14.6. The molecule has 0 radical (unpaired) electrons. The zero-order valence-electron chi connectivity index (χ0n) is 13.8. The molecule has 0 unspecified atom stereocenters. The Bertz CT molecular complexity index is 451. The minimum atomic E-state index is 0.171. The minimum absolute atomic E-state index is 0.171. The molecule has 1 aliphatic heterocycles. The van der Waals surface area contributed by atoms with Gasteiger partial charge in [-0.1, -0.05) is 19.1 Å². The lowest BCUT2D eigenvalue weighted by molar-refractivity contribution is -0.122. The van der Waals surface area contributed by atoms with Crippen molar-refractivity contribution in [2.24, 2.45) is 0 Å². The first-order chi connectivity index (χ1) is 10.7. The quantitative estimate of drug-likeness (QED) is 0.842. The third-order valence-corrected chi connectivity index (χ3v) is 4.29. The maximum absolute atomic E-state index is 12.1. The molecule has 4 nitrogen and oxygen atoms in total. The monoisotopic (exact) mass is 304 g/mol. The molecule has 0 saturated carbocycles. The molecule has 1 amide bonds. The molecule has 1 heterocycles. The second kappa shape index (κ2) is 8.79. The molecule has 122 valence electrons. The zero-order chi connectivity index (χ0) is 15.8. The van der Waals surface area contributed by atoms with Gasteiger partial charge >= 0.3 is 0 Å². The first-order valence-corrected chi connectivity index (χ1v) is 8.36. The fourth-order valence-corrected chi connectivity index (χ4v) is 2.97. The summed E-state index contributed by atoms with van der Waals surface area (Å²) in [6.07, 6.45) is 4.70. The van der Waals surface area contributed by atoms with Crippen molar-refractivity contribution in [1.82, 2.24) is 10.2 Å². The number of hydrogen-bond acceptors (Lipinski definition) is 3. The molecule has 4 heteroatoms. The molecule has 1 fully saturated rings. The summed E-state index contributed by atoms with van der Waals surface area (Å²) < 4.78 is 5.14. The number of methoxy groups -OCH3 is 1. The number of amides is 1. The van der Waals surface area contributed by atoms with Crippen LogP contribution in [0.1, 0.15) is 38.2 Å². The molecular weight excluding hydrogens is 276 g/mol. The third-order valence-electron chi connectivity index (χ3n) is 4.29. The Morgan fingerprint density at radius 1 is 1.27 bits per heavy atom. The number of ether oxygens (including phenoxy) is 1. The van der Waals surface area contributed by atoms with Crippen LogP contribution in [-0.4, -0.2) is 43.6 Å². The highest BCUT2D eigenvalue weighted by Gasteiger charge is 2.19. The second-order valence-electron chi connectivity index (χ2n) is 6.03. The van der Waals surface area contributed by atoms with Gasteiger partial charge in [0.25, 0.3) is 0 Å². The first kappa shape index (κ1) is 16.8. The maximum Gasteiger partial charge on any atom is 0.220 e. The molecular formula is C18H28N2O2.